The number of aromatic nitrogens is 2. The van der Waals surface area contributed by atoms with E-state index >= 15 is 0 Å². The highest BCUT2D eigenvalue weighted by molar-refractivity contribution is 5.64. The van der Waals surface area contributed by atoms with Crippen molar-refractivity contribution in [2.24, 2.45) is 5.73 Å². The Balaban J connectivity index is 1.95. The summed E-state index contributed by atoms with van der Waals surface area (Å²) in [6.45, 7) is 0.391. The quantitative estimate of drug-likeness (QED) is 0.613. The Bertz CT molecular complexity index is 670. The molecule has 0 saturated heterocycles. The zero-order valence-electron chi connectivity index (χ0n) is 11.3. The first-order valence-corrected chi connectivity index (χ1v) is 6.49. The summed E-state index contributed by atoms with van der Waals surface area (Å²) >= 11 is 0. The highest BCUT2D eigenvalue weighted by Gasteiger charge is 2.22. The molecule has 1 atom stereocenters. The van der Waals surface area contributed by atoms with E-state index in [0.717, 1.165) is 5.56 Å². The van der Waals surface area contributed by atoms with Crippen molar-refractivity contribution in [1.82, 2.24) is 9.78 Å². The number of aliphatic hydroxyl groups is 1. The van der Waals surface area contributed by atoms with Gasteiger partial charge in [-0.05, 0) is 17.7 Å². The zero-order chi connectivity index (χ0) is 15.0. The molecule has 8 heteroatoms. The third-order valence-corrected chi connectivity index (χ3v) is 3.42. The van der Waals surface area contributed by atoms with Crippen LogP contribution >= 0.6 is 0 Å². The highest BCUT2D eigenvalue weighted by atomic mass is 16.7. The molecule has 8 nitrogen and oxygen atoms in total. The summed E-state index contributed by atoms with van der Waals surface area (Å²) in [5.41, 5.74) is 19.6. The second kappa shape index (κ2) is 5.15. The van der Waals surface area contributed by atoms with Crippen LogP contribution in [0.4, 0.5) is 11.5 Å². The minimum atomic E-state index is -0.540. The Morgan fingerprint density at radius 3 is 2.81 bits per heavy atom. The molecule has 1 aromatic carbocycles. The normalized spacial score (nSPS) is 14.4. The number of ether oxygens (including phenoxy) is 2. The summed E-state index contributed by atoms with van der Waals surface area (Å²) in [4.78, 5) is 0. The molecule has 0 spiro atoms. The summed E-state index contributed by atoms with van der Waals surface area (Å²) in [5, 5.41) is 13.3. The Kier molecular flexibility index (Phi) is 3.32. The minimum absolute atomic E-state index is 0.0793. The fourth-order valence-corrected chi connectivity index (χ4v) is 2.27. The second-order valence-electron chi connectivity index (χ2n) is 4.72. The van der Waals surface area contributed by atoms with E-state index in [-0.39, 0.29) is 19.9 Å². The van der Waals surface area contributed by atoms with Gasteiger partial charge in [-0.15, -0.1) is 0 Å². The lowest BCUT2D eigenvalue weighted by molar-refractivity contribution is 0.174. The first kappa shape index (κ1) is 13.5. The lowest BCUT2D eigenvalue weighted by Crippen LogP contribution is -2.15. The van der Waals surface area contributed by atoms with Crippen LogP contribution in [0.3, 0.4) is 0 Å². The summed E-state index contributed by atoms with van der Waals surface area (Å²) in [6, 6.07) is 4.88. The number of anilines is 2. The Hall–Kier alpha value is -2.45. The van der Waals surface area contributed by atoms with Gasteiger partial charge in [-0.2, -0.15) is 5.10 Å². The molecule has 0 aliphatic carbocycles. The number of nitrogens with zero attached hydrogens (tertiary/aromatic N) is 2. The molecule has 0 bridgehead atoms. The largest absolute Gasteiger partial charge is 0.454 e. The van der Waals surface area contributed by atoms with E-state index < -0.39 is 6.04 Å². The van der Waals surface area contributed by atoms with Crippen LogP contribution in [0.2, 0.25) is 0 Å². The fourth-order valence-electron chi connectivity index (χ4n) is 2.27. The molecule has 0 radical (unpaired) electrons. The Morgan fingerprint density at radius 1 is 1.29 bits per heavy atom. The summed E-state index contributed by atoms with van der Waals surface area (Å²) in [6.07, 6.45) is 0. The van der Waals surface area contributed by atoms with Gasteiger partial charge in [-0.25, -0.2) is 4.68 Å². The first-order chi connectivity index (χ1) is 10.1. The molecular formula is C13H17N5O3. The van der Waals surface area contributed by atoms with Crippen molar-refractivity contribution in [1.29, 1.82) is 0 Å². The minimum Gasteiger partial charge on any atom is -0.454 e. The van der Waals surface area contributed by atoms with Gasteiger partial charge in [0.2, 0.25) is 6.79 Å². The predicted octanol–water partition coefficient (Wildman–Crippen LogP) is -0.183. The number of fused-ring (bicyclic) bond motifs is 1. The maximum atomic E-state index is 8.99. The fraction of sp³-hybridized carbons (Fsp3) is 0.308. The number of benzene rings is 1. The number of nitrogen functional groups attached to an aromatic ring is 2. The third kappa shape index (κ3) is 2.24. The van der Waals surface area contributed by atoms with Gasteiger partial charge in [0.25, 0.3) is 0 Å². The Morgan fingerprint density at radius 2 is 2.05 bits per heavy atom. The van der Waals surface area contributed by atoms with Gasteiger partial charge in [0.05, 0.1) is 24.9 Å². The molecule has 0 saturated carbocycles. The molecule has 1 aliphatic heterocycles. The van der Waals surface area contributed by atoms with Crippen molar-refractivity contribution in [2.75, 3.05) is 24.9 Å². The number of rotatable bonds is 4. The summed E-state index contributed by atoms with van der Waals surface area (Å²) in [7, 11) is 0. The molecule has 7 N–H and O–H groups in total. The van der Waals surface area contributed by atoms with E-state index in [1.54, 1.807) is 12.1 Å². The molecule has 1 aromatic heterocycles. The highest BCUT2D eigenvalue weighted by Crippen LogP contribution is 2.36. The first-order valence-electron chi connectivity index (χ1n) is 6.49. The van der Waals surface area contributed by atoms with Gasteiger partial charge in [0, 0.05) is 0 Å². The second-order valence-corrected chi connectivity index (χ2v) is 4.72. The molecule has 1 aliphatic rings. The molecule has 0 fully saturated rings. The van der Waals surface area contributed by atoms with Gasteiger partial charge in [-0.1, -0.05) is 6.07 Å². The van der Waals surface area contributed by atoms with E-state index in [9.17, 15) is 0 Å². The number of aliphatic hydroxyl groups excluding tert-OH is 1. The average molecular weight is 291 g/mol. The number of hydrogen-bond donors (Lipinski definition) is 4. The van der Waals surface area contributed by atoms with Crippen LogP contribution in [-0.2, 0) is 6.54 Å². The summed E-state index contributed by atoms with van der Waals surface area (Å²) < 4.78 is 12.0. The van der Waals surface area contributed by atoms with Gasteiger partial charge >= 0.3 is 0 Å². The average Bonchev–Trinajstić information content (AvgIpc) is 3.06. The molecule has 2 heterocycles. The third-order valence-electron chi connectivity index (χ3n) is 3.42. The Labute approximate surface area is 121 Å². The van der Waals surface area contributed by atoms with Crippen molar-refractivity contribution >= 4 is 11.5 Å². The van der Waals surface area contributed by atoms with Gasteiger partial charge in [0.15, 0.2) is 11.5 Å². The molecule has 21 heavy (non-hydrogen) atoms. The maximum absolute atomic E-state index is 8.99. The molecule has 0 amide bonds. The van der Waals surface area contributed by atoms with Crippen molar-refractivity contribution in [3.05, 3.63) is 29.5 Å². The van der Waals surface area contributed by atoms with Crippen molar-refractivity contribution in [3.8, 4) is 11.5 Å². The monoisotopic (exact) mass is 291 g/mol. The van der Waals surface area contributed by atoms with Crippen LogP contribution in [-0.4, -0.2) is 28.3 Å². The van der Waals surface area contributed by atoms with E-state index in [1.165, 1.54) is 4.68 Å². The topological polar surface area (TPSA) is 135 Å². The van der Waals surface area contributed by atoms with Crippen molar-refractivity contribution in [2.45, 2.75) is 12.6 Å². The molecule has 1 unspecified atom stereocenters. The molecular weight excluding hydrogens is 274 g/mol. The van der Waals surface area contributed by atoms with Crippen molar-refractivity contribution < 1.29 is 14.6 Å². The van der Waals surface area contributed by atoms with Gasteiger partial charge < -0.3 is 31.8 Å². The van der Waals surface area contributed by atoms with Crippen LogP contribution in [0.5, 0.6) is 11.5 Å². The van der Waals surface area contributed by atoms with E-state index in [1.807, 2.05) is 6.07 Å². The SMILES string of the molecule is Nc1c(C(N)c2ccc3c(c2)OCO3)nn(CCO)c1N. The predicted molar refractivity (Wildman–Crippen MR) is 76.7 cm³/mol. The van der Waals surface area contributed by atoms with Crippen LogP contribution in [0.1, 0.15) is 17.3 Å². The zero-order valence-corrected chi connectivity index (χ0v) is 11.3. The molecule has 112 valence electrons. The van der Waals surface area contributed by atoms with Gasteiger partial charge in [-0.3, -0.25) is 0 Å². The number of hydrogen-bond acceptors (Lipinski definition) is 7. The van der Waals surface area contributed by atoms with E-state index in [4.69, 9.17) is 31.8 Å². The standard InChI is InChI=1S/C13H17N5O3/c14-10(7-1-2-8-9(5-7)21-6-20-8)12-11(15)13(16)18(17-12)3-4-19/h1-2,5,10,19H,3-4,6,14-16H2. The van der Waals surface area contributed by atoms with Crippen molar-refractivity contribution in [3.63, 3.8) is 0 Å². The molecule has 3 rings (SSSR count). The van der Waals surface area contributed by atoms with Crippen LogP contribution < -0.4 is 26.7 Å². The van der Waals surface area contributed by atoms with E-state index in [2.05, 4.69) is 5.10 Å². The summed E-state index contributed by atoms with van der Waals surface area (Å²) in [5.74, 6) is 1.63. The van der Waals surface area contributed by atoms with Gasteiger partial charge in [0.1, 0.15) is 11.5 Å². The van der Waals surface area contributed by atoms with Crippen LogP contribution in [0.15, 0.2) is 18.2 Å². The lowest BCUT2D eigenvalue weighted by Gasteiger charge is -2.11. The lowest BCUT2D eigenvalue weighted by atomic mass is 10.0. The smallest absolute Gasteiger partial charge is 0.231 e. The van der Waals surface area contributed by atoms with Crippen LogP contribution in [0.25, 0.3) is 0 Å². The molecule has 2 aromatic rings. The maximum Gasteiger partial charge on any atom is 0.231 e. The number of nitrogens with two attached hydrogens (primary N) is 3. The van der Waals surface area contributed by atoms with Crippen LogP contribution in [0, 0.1) is 0 Å². The van der Waals surface area contributed by atoms with E-state index in [0.29, 0.717) is 28.7 Å².